The summed E-state index contributed by atoms with van der Waals surface area (Å²) in [5.41, 5.74) is 4.78. The molecule has 1 aromatic rings. The lowest BCUT2D eigenvalue weighted by molar-refractivity contribution is 0.380. The third-order valence-electron chi connectivity index (χ3n) is 3.47. The van der Waals surface area contributed by atoms with Crippen LogP contribution >= 0.6 is 0 Å². The number of benzene rings is 1. The second-order valence-corrected chi connectivity index (χ2v) is 4.68. The van der Waals surface area contributed by atoms with Crippen molar-refractivity contribution in [2.45, 2.75) is 25.3 Å². The van der Waals surface area contributed by atoms with Crippen LogP contribution in [0.4, 0.5) is 27.6 Å². The maximum absolute atomic E-state index is 13.4. The first-order valence-corrected chi connectivity index (χ1v) is 5.94. The van der Waals surface area contributed by atoms with Gasteiger partial charge in [-0.15, -0.1) is 0 Å². The van der Waals surface area contributed by atoms with E-state index >= 15 is 0 Å². The summed E-state index contributed by atoms with van der Waals surface area (Å²) in [5, 5.41) is 2.29. The number of hydrogen-bond acceptors (Lipinski definition) is 2. The molecule has 0 amide bonds. The van der Waals surface area contributed by atoms with Gasteiger partial charge in [-0.2, -0.15) is 0 Å². The van der Waals surface area contributed by atoms with Crippen LogP contribution in [0.3, 0.4) is 0 Å². The monoisotopic (exact) mass is 280 g/mol. The summed E-state index contributed by atoms with van der Waals surface area (Å²) in [6.07, 6.45) is 2.46. The van der Waals surface area contributed by atoms with E-state index in [0.29, 0.717) is 0 Å². The Morgan fingerprint density at radius 3 is 1.89 bits per heavy atom. The van der Waals surface area contributed by atoms with Crippen molar-refractivity contribution in [2.24, 2.45) is 11.7 Å². The normalized spacial score (nSPS) is 22.8. The lowest BCUT2D eigenvalue weighted by Gasteiger charge is -2.17. The van der Waals surface area contributed by atoms with Crippen molar-refractivity contribution < 1.29 is 22.0 Å². The molecule has 0 aromatic heterocycles. The van der Waals surface area contributed by atoms with Gasteiger partial charge >= 0.3 is 0 Å². The zero-order valence-electron chi connectivity index (χ0n) is 9.95. The van der Waals surface area contributed by atoms with E-state index in [2.05, 4.69) is 5.32 Å². The fraction of sp³-hybridized carbons (Fsp3) is 0.500. The Bertz CT molecular complexity index is 462. The third kappa shape index (κ3) is 2.51. The molecule has 2 rings (SSSR count). The number of nitrogens with two attached hydrogens (primary N) is 1. The molecule has 19 heavy (non-hydrogen) atoms. The summed E-state index contributed by atoms with van der Waals surface area (Å²) in [6.45, 7) is 0.0829. The van der Waals surface area contributed by atoms with Crippen LogP contribution in [0.15, 0.2) is 0 Å². The second-order valence-electron chi connectivity index (χ2n) is 4.68. The fourth-order valence-corrected chi connectivity index (χ4v) is 2.31. The van der Waals surface area contributed by atoms with Crippen molar-refractivity contribution >= 4 is 5.69 Å². The maximum Gasteiger partial charge on any atom is 0.200 e. The highest BCUT2D eigenvalue weighted by molar-refractivity contribution is 5.47. The molecule has 0 bridgehead atoms. The van der Waals surface area contributed by atoms with E-state index in [1.165, 1.54) is 0 Å². The SMILES string of the molecule is NC1CCCC1CNc1c(F)c(F)c(F)c(F)c1F. The van der Waals surface area contributed by atoms with Crippen LogP contribution < -0.4 is 11.1 Å². The molecule has 0 saturated heterocycles. The van der Waals surface area contributed by atoms with E-state index in [1.807, 2.05) is 0 Å². The molecule has 2 unspecified atom stereocenters. The number of nitrogens with one attached hydrogen (secondary N) is 1. The standard InChI is InChI=1S/C12H13F5N2/c13-7-8(14)10(16)12(11(17)9(7)15)19-4-5-2-1-3-6(5)18/h5-6,19H,1-4,18H2. The van der Waals surface area contributed by atoms with Crippen molar-refractivity contribution in [1.82, 2.24) is 0 Å². The largest absolute Gasteiger partial charge is 0.380 e. The van der Waals surface area contributed by atoms with Crippen LogP contribution in [-0.4, -0.2) is 12.6 Å². The van der Waals surface area contributed by atoms with Gasteiger partial charge in [-0.05, 0) is 18.8 Å². The summed E-state index contributed by atoms with van der Waals surface area (Å²) in [5.74, 6) is -9.77. The van der Waals surface area contributed by atoms with Gasteiger partial charge in [-0.25, -0.2) is 22.0 Å². The maximum atomic E-state index is 13.4. The Morgan fingerprint density at radius 2 is 1.42 bits per heavy atom. The first-order chi connectivity index (χ1) is 8.93. The molecular formula is C12H13F5N2. The van der Waals surface area contributed by atoms with Crippen LogP contribution in [0, 0.1) is 35.0 Å². The van der Waals surface area contributed by atoms with Crippen molar-refractivity contribution in [1.29, 1.82) is 0 Å². The lowest BCUT2D eigenvalue weighted by atomic mass is 10.0. The second kappa shape index (κ2) is 5.32. The lowest BCUT2D eigenvalue weighted by Crippen LogP contribution is -2.30. The van der Waals surface area contributed by atoms with Gasteiger partial charge in [0.15, 0.2) is 23.3 Å². The Kier molecular flexibility index (Phi) is 3.93. The van der Waals surface area contributed by atoms with Crippen molar-refractivity contribution in [3.05, 3.63) is 29.1 Å². The number of halogens is 5. The number of hydrogen-bond donors (Lipinski definition) is 2. The Labute approximate surface area is 106 Å². The Morgan fingerprint density at radius 1 is 0.895 bits per heavy atom. The molecule has 106 valence electrons. The number of rotatable bonds is 3. The van der Waals surface area contributed by atoms with E-state index in [-0.39, 0.29) is 18.5 Å². The van der Waals surface area contributed by atoms with Gasteiger partial charge in [0.05, 0.1) is 0 Å². The molecule has 3 N–H and O–H groups in total. The first kappa shape index (κ1) is 14.0. The van der Waals surface area contributed by atoms with Crippen LogP contribution in [0.5, 0.6) is 0 Å². The quantitative estimate of drug-likeness (QED) is 0.507. The molecule has 1 saturated carbocycles. The molecule has 7 heteroatoms. The molecule has 2 atom stereocenters. The first-order valence-electron chi connectivity index (χ1n) is 5.94. The molecule has 1 aliphatic carbocycles. The molecule has 0 heterocycles. The van der Waals surface area contributed by atoms with Gasteiger partial charge in [0, 0.05) is 12.6 Å². The van der Waals surface area contributed by atoms with E-state index in [0.717, 1.165) is 19.3 Å². The average Bonchev–Trinajstić information content (AvgIpc) is 2.80. The summed E-state index contributed by atoms with van der Waals surface area (Å²) < 4.78 is 65.5. The van der Waals surface area contributed by atoms with Gasteiger partial charge in [-0.1, -0.05) is 6.42 Å². The molecule has 1 aliphatic rings. The van der Waals surface area contributed by atoms with Crippen molar-refractivity contribution in [2.75, 3.05) is 11.9 Å². The van der Waals surface area contributed by atoms with Gasteiger partial charge in [0.25, 0.3) is 0 Å². The minimum atomic E-state index is -2.15. The predicted molar refractivity (Wildman–Crippen MR) is 60.0 cm³/mol. The zero-order chi connectivity index (χ0) is 14.2. The number of anilines is 1. The molecule has 1 aromatic carbocycles. The third-order valence-corrected chi connectivity index (χ3v) is 3.47. The van der Waals surface area contributed by atoms with Crippen LogP contribution in [0.25, 0.3) is 0 Å². The van der Waals surface area contributed by atoms with Crippen LogP contribution in [0.2, 0.25) is 0 Å². The summed E-state index contributed by atoms with van der Waals surface area (Å²) in [7, 11) is 0. The van der Waals surface area contributed by atoms with Crippen molar-refractivity contribution in [3.8, 4) is 0 Å². The molecule has 2 nitrogen and oxygen atoms in total. The van der Waals surface area contributed by atoms with Gasteiger partial charge in [0.1, 0.15) is 5.69 Å². The topological polar surface area (TPSA) is 38.0 Å². The summed E-state index contributed by atoms with van der Waals surface area (Å²) in [6, 6.07) is -0.117. The zero-order valence-corrected chi connectivity index (χ0v) is 9.95. The van der Waals surface area contributed by atoms with Crippen LogP contribution in [0.1, 0.15) is 19.3 Å². The highest BCUT2D eigenvalue weighted by Gasteiger charge is 2.28. The van der Waals surface area contributed by atoms with Crippen molar-refractivity contribution in [3.63, 3.8) is 0 Å². The van der Waals surface area contributed by atoms with E-state index in [4.69, 9.17) is 5.73 Å². The highest BCUT2D eigenvalue weighted by Crippen LogP contribution is 2.29. The van der Waals surface area contributed by atoms with Gasteiger partial charge in [0.2, 0.25) is 5.82 Å². The fourth-order valence-electron chi connectivity index (χ4n) is 2.31. The minimum Gasteiger partial charge on any atom is -0.380 e. The Balaban J connectivity index is 2.20. The van der Waals surface area contributed by atoms with Crippen LogP contribution in [-0.2, 0) is 0 Å². The minimum absolute atomic E-state index is 0.0324. The molecule has 0 radical (unpaired) electrons. The van der Waals surface area contributed by atoms with E-state index in [1.54, 1.807) is 0 Å². The molecule has 0 spiro atoms. The molecular weight excluding hydrogens is 267 g/mol. The van der Waals surface area contributed by atoms with E-state index < -0.39 is 34.8 Å². The molecule has 1 fully saturated rings. The smallest absolute Gasteiger partial charge is 0.200 e. The summed E-state index contributed by atoms with van der Waals surface area (Å²) in [4.78, 5) is 0. The molecule has 0 aliphatic heterocycles. The summed E-state index contributed by atoms with van der Waals surface area (Å²) >= 11 is 0. The average molecular weight is 280 g/mol. The highest BCUT2D eigenvalue weighted by atomic mass is 19.2. The van der Waals surface area contributed by atoms with E-state index in [9.17, 15) is 22.0 Å². The predicted octanol–water partition coefficient (Wildman–Crippen LogP) is 2.92. The van der Waals surface area contributed by atoms with Gasteiger partial charge in [-0.3, -0.25) is 0 Å². The Hall–Kier alpha value is -1.37. The van der Waals surface area contributed by atoms with Gasteiger partial charge < -0.3 is 11.1 Å².